The second-order valence-electron chi connectivity index (χ2n) is 4.50. The number of hydrogen-bond acceptors (Lipinski definition) is 4. The summed E-state index contributed by atoms with van der Waals surface area (Å²) in [6, 6.07) is 4.11. The normalized spacial score (nSPS) is 10.9. The quantitative estimate of drug-likeness (QED) is 0.788. The van der Waals surface area contributed by atoms with Gasteiger partial charge in [0, 0.05) is 24.9 Å². The average Bonchev–Trinajstić information content (AvgIpc) is 2.28. The molecule has 0 aliphatic heterocycles. The lowest BCUT2D eigenvalue weighted by Crippen LogP contribution is -2.33. The van der Waals surface area contributed by atoms with Crippen LogP contribution in [0.2, 0.25) is 0 Å². The Balaban J connectivity index is 2.96. The fourth-order valence-electron chi connectivity index (χ4n) is 1.84. The van der Waals surface area contributed by atoms with Gasteiger partial charge >= 0.3 is 0 Å². The van der Waals surface area contributed by atoms with Crippen LogP contribution in [0.1, 0.15) is 31.5 Å². The summed E-state index contributed by atoms with van der Waals surface area (Å²) in [7, 11) is 0. The van der Waals surface area contributed by atoms with Crippen molar-refractivity contribution in [3.8, 4) is 0 Å². The molecule has 1 rings (SSSR count). The van der Waals surface area contributed by atoms with E-state index in [1.807, 2.05) is 19.1 Å². The standard InChI is InChI=1S/C13H22N2O2/c1-10(2)15(5-4-6-16)13-8-12(9-17)7-11(3)14-13/h7-8,10,16-17H,4-6,9H2,1-3H3. The van der Waals surface area contributed by atoms with Gasteiger partial charge in [0.15, 0.2) is 0 Å². The number of rotatable bonds is 6. The predicted molar refractivity (Wildman–Crippen MR) is 69.1 cm³/mol. The number of hydrogen-bond donors (Lipinski definition) is 2. The minimum Gasteiger partial charge on any atom is -0.396 e. The first kappa shape index (κ1) is 13.9. The molecular formula is C13H22N2O2. The molecule has 1 aromatic rings. The molecule has 0 spiro atoms. The van der Waals surface area contributed by atoms with Crippen molar-refractivity contribution in [1.29, 1.82) is 0 Å². The van der Waals surface area contributed by atoms with Crippen molar-refractivity contribution in [2.75, 3.05) is 18.1 Å². The molecule has 0 saturated carbocycles. The van der Waals surface area contributed by atoms with Crippen molar-refractivity contribution in [2.24, 2.45) is 0 Å². The number of aliphatic hydroxyl groups is 2. The zero-order valence-electron chi connectivity index (χ0n) is 10.8. The molecule has 1 aromatic heterocycles. The van der Waals surface area contributed by atoms with E-state index in [-0.39, 0.29) is 13.2 Å². The summed E-state index contributed by atoms with van der Waals surface area (Å²) in [4.78, 5) is 6.63. The van der Waals surface area contributed by atoms with Crippen molar-refractivity contribution in [1.82, 2.24) is 4.98 Å². The van der Waals surface area contributed by atoms with Crippen LogP contribution in [0, 0.1) is 6.92 Å². The van der Waals surface area contributed by atoms with Crippen molar-refractivity contribution in [2.45, 2.75) is 39.8 Å². The van der Waals surface area contributed by atoms with Crippen LogP contribution < -0.4 is 4.90 Å². The van der Waals surface area contributed by atoms with E-state index >= 15 is 0 Å². The maximum absolute atomic E-state index is 9.20. The number of aryl methyl sites for hydroxylation is 1. The highest BCUT2D eigenvalue weighted by Crippen LogP contribution is 2.18. The van der Waals surface area contributed by atoms with Crippen LogP contribution in [0.5, 0.6) is 0 Å². The Kier molecular flexibility index (Phi) is 5.38. The summed E-state index contributed by atoms with van der Waals surface area (Å²) < 4.78 is 0. The number of aromatic nitrogens is 1. The molecule has 0 fully saturated rings. The van der Waals surface area contributed by atoms with Gasteiger partial charge in [-0.3, -0.25) is 0 Å². The molecule has 0 unspecified atom stereocenters. The van der Waals surface area contributed by atoms with Crippen molar-refractivity contribution in [3.63, 3.8) is 0 Å². The van der Waals surface area contributed by atoms with Crippen LogP contribution in [0.3, 0.4) is 0 Å². The van der Waals surface area contributed by atoms with Crippen molar-refractivity contribution in [3.05, 3.63) is 23.4 Å². The Morgan fingerprint density at radius 2 is 2.00 bits per heavy atom. The van der Waals surface area contributed by atoms with E-state index < -0.39 is 0 Å². The first-order valence-electron chi connectivity index (χ1n) is 6.04. The Hall–Kier alpha value is -1.13. The van der Waals surface area contributed by atoms with Gasteiger partial charge in [-0.1, -0.05) is 0 Å². The van der Waals surface area contributed by atoms with Gasteiger partial charge in [-0.2, -0.15) is 0 Å². The first-order valence-corrected chi connectivity index (χ1v) is 6.04. The van der Waals surface area contributed by atoms with Crippen LogP contribution in [0.4, 0.5) is 5.82 Å². The van der Waals surface area contributed by atoms with Gasteiger partial charge in [0.1, 0.15) is 5.82 Å². The highest BCUT2D eigenvalue weighted by atomic mass is 16.3. The molecule has 4 nitrogen and oxygen atoms in total. The Morgan fingerprint density at radius 3 is 2.53 bits per heavy atom. The smallest absolute Gasteiger partial charge is 0.129 e. The zero-order chi connectivity index (χ0) is 12.8. The highest BCUT2D eigenvalue weighted by Gasteiger charge is 2.12. The zero-order valence-corrected chi connectivity index (χ0v) is 10.8. The Bertz CT molecular complexity index is 353. The fourth-order valence-corrected chi connectivity index (χ4v) is 1.84. The monoisotopic (exact) mass is 238 g/mol. The fraction of sp³-hybridized carbons (Fsp3) is 0.615. The summed E-state index contributed by atoms with van der Waals surface area (Å²) in [5.41, 5.74) is 1.78. The molecular weight excluding hydrogens is 216 g/mol. The second-order valence-corrected chi connectivity index (χ2v) is 4.50. The third-order valence-corrected chi connectivity index (χ3v) is 2.66. The molecule has 0 aliphatic carbocycles. The maximum atomic E-state index is 9.20. The third kappa shape index (κ3) is 3.98. The number of aliphatic hydroxyl groups excluding tert-OH is 2. The van der Waals surface area contributed by atoms with Gasteiger partial charge in [-0.05, 0) is 44.9 Å². The van der Waals surface area contributed by atoms with E-state index in [2.05, 4.69) is 23.7 Å². The van der Waals surface area contributed by atoms with Gasteiger partial charge in [0.2, 0.25) is 0 Å². The Morgan fingerprint density at radius 1 is 1.29 bits per heavy atom. The summed E-state index contributed by atoms with van der Waals surface area (Å²) >= 11 is 0. The topological polar surface area (TPSA) is 56.6 Å². The van der Waals surface area contributed by atoms with E-state index in [0.717, 1.165) is 30.0 Å². The van der Waals surface area contributed by atoms with Gasteiger partial charge in [0.05, 0.1) is 6.61 Å². The van der Waals surface area contributed by atoms with Crippen molar-refractivity contribution >= 4 is 5.82 Å². The lowest BCUT2D eigenvalue weighted by Gasteiger charge is -2.28. The minimum absolute atomic E-state index is 0.0301. The van der Waals surface area contributed by atoms with Gasteiger partial charge in [-0.15, -0.1) is 0 Å². The molecule has 0 aromatic carbocycles. The predicted octanol–water partition coefficient (Wildman–Crippen LogP) is 1.48. The average molecular weight is 238 g/mol. The molecule has 96 valence electrons. The summed E-state index contributed by atoms with van der Waals surface area (Å²) in [5, 5.41) is 18.1. The van der Waals surface area contributed by atoms with Crippen LogP contribution in [-0.4, -0.2) is 34.4 Å². The Labute approximate surface area is 103 Å². The largest absolute Gasteiger partial charge is 0.396 e. The molecule has 0 radical (unpaired) electrons. The molecule has 0 bridgehead atoms. The molecule has 0 amide bonds. The van der Waals surface area contributed by atoms with E-state index in [1.54, 1.807) is 0 Å². The highest BCUT2D eigenvalue weighted by molar-refractivity contribution is 5.43. The molecule has 4 heteroatoms. The van der Waals surface area contributed by atoms with Gasteiger partial charge in [-0.25, -0.2) is 4.98 Å². The third-order valence-electron chi connectivity index (χ3n) is 2.66. The van der Waals surface area contributed by atoms with Crippen LogP contribution in [0.25, 0.3) is 0 Å². The summed E-state index contributed by atoms with van der Waals surface area (Å²) in [6.45, 7) is 7.10. The SMILES string of the molecule is Cc1cc(CO)cc(N(CCCO)C(C)C)n1. The minimum atomic E-state index is 0.0301. The lowest BCUT2D eigenvalue weighted by molar-refractivity contribution is 0.281. The van der Waals surface area contributed by atoms with Gasteiger partial charge in [0.25, 0.3) is 0 Å². The van der Waals surface area contributed by atoms with E-state index in [0.29, 0.717) is 6.04 Å². The lowest BCUT2D eigenvalue weighted by atomic mass is 10.2. The maximum Gasteiger partial charge on any atom is 0.129 e. The van der Waals surface area contributed by atoms with E-state index in [4.69, 9.17) is 5.11 Å². The molecule has 2 N–H and O–H groups in total. The van der Waals surface area contributed by atoms with Crippen LogP contribution in [-0.2, 0) is 6.61 Å². The summed E-state index contributed by atoms with van der Waals surface area (Å²) in [5.74, 6) is 0.873. The van der Waals surface area contributed by atoms with E-state index in [9.17, 15) is 5.11 Å². The molecule has 0 atom stereocenters. The number of pyridine rings is 1. The van der Waals surface area contributed by atoms with Gasteiger partial charge < -0.3 is 15.1 Å². The molecule has 17 heavy (non-hydrogen) atoms. The summed E-state index contributed by atoms with van der Waals surface area (Å²) in [6.07, 6.45) is 0.724. The first-order chi connectivity index (χ1) is 8.08. The second kappa shape index (κ2) is 6.57. The van der Waals surface area contributed by atoms with Crippen molar-refractivity contribution < 1.29 is 10.2 Å². The molecule has 0 saturated heterocycles. The van der Waals surface area contributed by atoms with Crippen LogP contribution in [0.15, 0.2) is 12.1 Å². The van der Waals surface area contributed by atoms with E-state index in [1.165, 1.54) is 0 Å². The molecule has 1 heterocycles. The molecule has 0 aliphatic rings. The van der Waals surface area contributed by atoms with Crippen LogP contribution >= 0.6 is 0 Å². The number of nitrogens with zero attached hydrogens (tertiary/aromatic N) is 2. The number of anilines is 1.